The van der Waals surface area contributed by atoms with Crippen molar-refractivity contribution in [3.8, 4) is 5.75 Å². The highest BCUT2D eigenvalue weighted by Crippen LogP contribution is 2.50. The molecular weight excluding hydrogens is 342 g/mol. The highest BCUT2D eigenvalue weighted by Gasteiger charge is 2.55. The Labute approximate surface area is 158 Å². The summed E-state index contributed by atoms with van der Waals surface area (Å²) < 4.78 is 5.22. The molecule has 0 unspecified atom stereocenters. The zero-order valence-corrected chi connectivity index (χ0v) is 15.6. The largest absolute Gasteiger partial charge is 0.497 e. The van der Waals surface area contributed by atoms with E-state index in [1.807, 2.05) is 37.3 Å². The normalized spacial score (nSPS) is 17.7. The predicted molar refractivity (Wildman–Crippen MR) is 100 cm³/mol. The van der Waals surface area contributed by atoms with Crippen molar-refractivity contribution in [2.75, 3.05) is 20.2 Å². The van der Waals surface area contributed by atoms with Gasteiger partial charge in [-0.25, -0.2) is 5.01 Å². The minimum atomic E-state index is -0.515. The smallest absolute Gasteiger partial charge is 0.274 e. The molecule has 27 heavy (non-hydrogen) atoms. The van der Waals surface area contributed by atoms with Gasteiger partial charge in [-0.3, -0.25) is 19.6 Å². The molecule has 2 amide bonds. The third-order valence-corrected chi connectivity index (χ3v) is 5.57. The Morgan fingerprint density at radius 3 is 2.41 bits per heavy atom. The summed E-state index contributed by atoms with van der Waals surface area (Å²) in [6, 6.07) is 9.49. The Morgan fingerprint density at radius 2 is 1.78 bits per heavy atom. The molecule has 4 rings (SSSR count). The second kappa shape index (κ2) is 6.68. The molecule has 0 atom stereocenters. The van der Waals surface area contributed by atoms with E-state index in [9.17, 15) is 9.59 Å². The van der Waals surface area contributed by atoms with Crippen LogP contribution in [-0.2, 0) is 10.2 Å². The summed E-state index contributed by atoms with van der Waals surface area (Å²) in [5, 5.41) is 3.24. The third kappa shape index (κ3) is 2.95. The number of benzene rings is 1. The first kappa shape index (κ1) is 17.5. The van der Waals surface area contributed by atoms with Gasteiger partial charge in [0.05, 0.1) is 18.1 Å². The maximum atomic E-state index is 13.4. The molecule has 2 fully saturated rings. The minimum Gasteiger partial charge on any atom is -0.497 e. The maximum Gasteiger partial charge on any atom is 0.274 e. The van der Waals surface area contributed by atoms with Gasteiger partial charge in [0.25, 0.3) is 11.8 Å². The van der Waals surface area contributed by atoms with Crippen molar-refractivity contribution < 1.29 is 14.3 Å². The van der Waals surface area contributed by atoms with Gasteiger partial charge >= 0.3 is 0 Å². The number of hydrogen-bond donors (Lipinski definition) is 0. The van der Waals surface area contributed by atoms with Gasteiger partial charge in [-0.1, -0.05) is 12.1 Å². The number of ether oxygens (including phenoxy) is 1. The van der Waals surface area contributed by atoms with Crippen molar-refractivity contribution in [2.24, 2.45) is 0 Å². The molecule has 2 heterocycles. The van der Waals surface area contributed by atoms with E-state index in [0.717, 1.165) is 36.1 Å². The number of methoxy groups -OCH3 is 1. The van der Waals surface area contributed by atoms with Gasteiger partial charge in [0.2, 0.25) is 0 Å². The summed E-state index contributed by atoms with van der Waals surface area (Å²) in [5.41, 5.74) is 1.89. The van der Waals surface area contributed by atoms with Crippen molar-refractivity contribution in [3.63, 3.8) is 0 Å². The highest BCUT2D eigenvalue weighted by atomic mass is 16.5. The van der Waals surface area contributed by atoms with Crippen LogP contribution in [0.25, 0.3) is 0 Å². The van der Waals surface area contributed by atoms with Crippen LogP contribution in [0.5, 0.6) is 5.75 Å². The summed E-state index contributed by atoms with van der Waals surface area (Å²) in [6.07, 6.45) is 5.65. The quantitative estimate of drug-likeness (QED) is 0.836. The van der Waals surface area contributed by atoms with E-state index in [1.54, 1.807) is 29.5 Å². The summed E-state index contributed by atoms with van der Waals surface area (Å²) in [6.45, 7) is 3.01. The Kier molecular flexibility index (Phi) is 4.34. The highest BCUT2D eigenvalue weighted by molar-refractivity contribution is 5.98. The van der Waals surface area contributed by atoms with Crippen LogP contribution in [0.4, 0.5) is 0 Å². The number of aromatic nitrogens is 1. The molecule has 1 saturated heterocycles. The second-order valence-corrected chi connectivity index (χ2v) is 7.21. The number of hydrogen-bond acceptors (Lipinski definition) is 4. The van der Waals surface area contributed by atoms with E-state index >= 15 is 0 Å². The standard InChI is InChI=1S/C21H23N3O3/c1-15-8-11-22-14-18(15)19(25)23-12-3-13-24(23)20(26)21(9-10-21)16-4-6-17(27-2)7-5-16/h4-8,11,14H,3,9-10,12-13H2,1-2H3. The van der Waals surface area contributed by atoms with Crippen molar-refractivity contribution in [3.05, 3.63) is 59.4 Å². The van der Waals surface area contributed by atoms with Gasteiger partial charge in [0.15, 0.2) is 0 Å². The Bertz CT molecular complexity index is 874. The lowest BCUT2D eigenvalue weighted by Crippen LogP contribution is -2.49. The van der Waals surface area contributed by atoms with Crippen LogP contribution < -0.4 is 4.74 Å². The summed E-state index contributed by atoms with van der Waals surface area (Å²) in [5.74, 6) is 0.629. The summed E-state index contributed by atoms with van der Waals surface area (Å²) >= 11 is 0. The molecule has 1 aliphatic carbocycles. The SMILES string of the molecule is COc1ccc(C2(C(=O)N3CCCN3C(=O)c3cnccc3C)CC2)cc1. The third-order valence-electron chi connectivity index (χ3n) is 5.57. The number of hydrazine groups is 1. The Morgan fingerprint density at radius 1 is 1.07 bits per heavy atom. The molecule has 2 aromatic rings. The number of aryl methyl sites for hydroxylation is 1. The molecule has 6 heteroatoms. The first-order valence-electron chi connectivity index (χ1n) is 9.26. The molecular formula is C21H23N3O3. The van der Waals surface area contributed by atoms with Crippen molar-refractivity contribution >= 4 is 11.8 Å². The van der Waals surface area contributed by atoms with Gasteiger partial charge in [-0.05, 0) is 55.5 Å². The number of rotatable bonds is 4. The molecule has 1 aromatic carbocycles. The van der Waals surface area contributed by atoms with Gasteiger partial charge in [0.1, 0.15) is 5.75 Å². The predicted octanol–water partition coefficient (Wildman–Crippen LogP) is 2.72. The van der Waals surface area contributed by atoms with Crippen molar-refractivity contribution in [1.82, 2.24) is 15.0 Å². The molecule has 0 bridgehead atoms. The Balaban J connectivity index is 1.59. The van der Waals surface area contributed by atoms with Gasteiger partial charge in [-0.15, -0.1) is 0 Å². The van der Waals surface area contributed by atoms with E-state index in [0.29, 0.717) is 18.7 Å². The minimum absolute atomic E-state index is 0.0139. The number of pyridine rings is 1. The molecule has 1 saturated carbocycles. The van der Waals surface area contributed by atoms with Crippen LogP contribution in [-0.4, -0.2) is 47.0 Å². The average molecular weight is 365 g/mol. The van der Waals surface area contributed by atoms with E-state index in [-0.39, 0.29) is 11.8 Å². The van der Waals surface area contributed by atoms with Crippen LogP contribution in [0.2, 0.25) is 0 Å². The fourth-order valence-electron chi connectivity index (χ4n) is 3.77. The number of amides is 2. The topological polar surface area (TPSA) is 62.7 Å². The molecule has 1 aromatic heterocycles. The fourth-order valence-corrected chi connectivity index (χ4v) is 3.77. The maximum absolute atomic E-state index is 13.4. The fraction of sp³-hybridized carbons (Fsp3) is 0.381. The van der Waals surface area contributed by atoms with Crippen LogP contribution in [0.15, 0.2) is 42.7 Å². The zero-order valence-electron chi connectivity index (χ0n) is 15.6. The van der Waals surface area contributed by atoms with Gasteiger partial charge in [0, 0.05) is 25.5 Å². The second-order valence-electron chi connectivity index (χ2n) is 7.21. The first-order chi connectivity index (χ1) is 13.1. The molecule has 0 N–H and O–H groups in total. The number of carbonyl (C=O) groups excluding carboxylic acids is 2. The van der Waals surface area contributed by atoms with E-state index in [1.165, 1.54) is 0 Å². The molecule has 2 aliphatic rings. The van der Waals surface area contributed by atoms with Crippen LogP contribution in [0.1, 0.15) is 40.7 Å². The summed E-state index contributed by atoms with van der Waals surface area (Å²) in [7, 11) is 1.63. The van der Waals surface area contributed by atoms with Crippen molar-refractivity contribution in [1.29, 1.82) is 0 Å². The van der Waals surface area contributed by atoms with Crippen LogP contribution in [0.3, 0.4) is 0 Å². The molecule has 6 nitrogen and oxygen atoms in total. The monoisotopic (exact) mass is 365 g/mol. The number of carbonyl (C=O) groups is 2. The lowest BCUT2D eigenvalue weighted by Gasteiger charge is -2.31. The molecule has 0 spiro atoms. The van der Waals surface area contributed by atoms with E-state index < -0.39 is 5.41 Å². The zero-order chi connectivity index (χ0) is 19.0. The van der Waals surface area contributed by atoms with Crippen LogP contribution >= 0.6 is 0 Å². The summed E-state index contributed by atoms with van der Waals surface area (Å²) in [4.78, 5) is 30.5. The van der Waals surface area contributed by atoms with E-state index in [2.05, 4.69) is 4.98 Å². The Hall–Kier alpha value is -2.89. The lowest BCUT2D eigenvalue weighted by molar-refractivity contribution is -0.143. The van der Waals surface area contributed by atoms with E-state index in [4.69, 9.17) is 4.74 Å². The number of nitrogens with zero attached hydrogens (tertiary/aromatic N) is 3. The molecule has 0 radical (unpaired) electrons. The first-order valence-corrected chi connectivity index (χ1v) is 9.26. The average Bonchev–Trinajstić information content (AvgIpc) is 3.37. The van der Waals surface area contributed by atoms with Gasteiger partial charge in [-0.2, -0.15) is 0 Å². The molecule has 140 valence electrons. The van der Waals surface area contributed by atoms with Crippen LogP contribution in [0, 0.1) is 6.92 Å². The molecule has 1 aliphatic heterocycles. The van der Waals surface area contributed by atoms with Gasteiger partial charge < -0.3 is 4.74 Å². The lowest BCUT2D eigenvalue weighted by atomic mass is 9.94. The van der Waals surface area contributed by atoms with Crippen molar-refractivity contribution in [2.45, 2.75) is 31.6 Å².